The molecule has 0 heterocycles. The molecule has 0 amide bonds. The Morgan fingerprint density at radius 3 is 2.47 bits per heavy atom. The highest BCUT2D eigenvalue weighted by atomic mass is 15.2. The van der Waals surface area contributed by atoms with Crippen molar-refractivity contribution in [3.63, 3.8) is 0 Å². The summed E-state index contributed by atoms with van der Waals surface area (Å²) in [6, 6.07) is 9.48. The van der Waals surface area contributed by atoms with Crippen molar-refractivity contribution in [1.82, 2.24) is 0 Å². The molecule has 0 spiro atoms. The first-order valence-corrected chi connectivity index (χ1v) is 7.74. The highest BCUT2D eigenvalue weighted by Gasteiger charge is 2.24. The van der Waals surface area contributed by atoms with Crippen molar-refractivity contribution >= 4 is 5.69 Å². The van der Waals surface area contributed by atoms with Gasteiger partial charge in [0, 0.05) is 18.3 Å². The van der Waals surface area contributed by atoms with E-state index in [-0.39, 0.29) is 0 Å². The molecule has 0 aromatic heterocycles. The maximum Gasteiger partial charge on any atom is 0.0398 e. The van der Waals surface area contributed by atoms with E-state index in [0.29, 0.717) is 6.04 Å². The Bertz CT molecular complexity index is 381. The van der Waals surface area contributed by atoms with Gasteiger partial charge in [-0.25, -0.2) is 0 Å². The molecule has 0 radical (unpaired) electrons. The Hall–Kier alpha value is -1.02. The lowest BCUT2D eigenvalue weighted by molar-refractivity contribution is 0.333. The second-order valence-electron chi connectivity index (χ2n) is 6.04. The minimum atomic E-state index is 0.712. The smallest absolute Gasteiger partial charge is 0.0398 e. The van der Waals surface area contributed by atoms with Gasteiger partial charge < -0.3 is 10.6 Å². The molecule has 0 bridgehead atoms. The molecule has 2 heteroatoms. The average molecular weight is 260 g/mol. The lowest BCUT2D eigenvalue weighted by Crippen LogP contribution is -2.39. The van der Waals surface area contributed by atoms with Crippen molar-refractivity contribution < 1.29 is 0 Å². The number of anilines is 1. The number of para-hydroxylation sites is 1. The Morgan fingerprint density at radius 1 is 1.16 bits per heavy atom. The third-order valence-electron chi connectivity index (χ3n) is 4.45. The van der Waals surface area contributed by atoms with Gasteiger partial charge in [0.2, 0.25) is 0 Å². The number of nitrogens with zero attached hydrogens (tertiary/aromatic N) is 1. The third kappa shape index (κ3) is 3.73. The van der Waals surface area contributed by atoms with Crippen LogP contribution in [0.4, 0.5) is 5.69 Å². The standard InChI is InChI=1S/C17H28N2/c1-14-8-10-16(11-9-14)19(13-5-12-18)17-7-4-3-6-15(17)2/h3-4,6-7,14,16H,5,8-13,18H2,1-2H3. The van der Waals surface area contributed by atoms with E-state index in [1.54, 1.807) is 0 Å². The van der Waals surface area contributed by atoms with Crippen LogP contribution in [0.25, 0.3) is 0 Å². The van der Waals surface area contributed by atoms with E-state index < -0.39 is 0 Å². The number of aryl methyl sites for hydroxylation is 1. The zero-order chi connectivity index (χ0) is 13.7. The maximum absolute atomic E-state index is 5.72. The number of hydrogen-bond acceptors (Lipinski definition) is 2. The Balaban J connectivity index is 2.13. The second-order valence-corrected chi connectivity index (χ2v) is 6.04. The highest BCUT2D eigenvalue weighted by Crippen LogP contribution is 2.31. The van der Waals surface area contributed by atoms with Gasteiger partial charge in [-0.05, 0) is 63.1 Å². The SMILES string of the molecule is Cc1ccccc1N(CCCN)C1CCC(C)CC1. The first-order chi connectivity index (χ1) is 9.22. The minimum Gasteiger partial charge on any atom is -0.368 e. The van der Waals surface area contributed by atoms with Crippen LogP contribution in [-0.2, 0) is 0 Å². The van der Waals surface area contributed by atoms with Crippen LogP contribution in [0.1, 0.15) is 44.6 Å². The van der Waals surface area contributed by atoms with Gasteiger partial charge in [-0.3, -0.25) is 0 Å². The van der Waals surface area contributed by atoms with Crippen molar-refractivity contribution in [1.29, 1.82) is 0 Å². The summed E-state index contributed by atoms with van der Waals surface area (Å²) < 4.78 is 0. The van der Waals surface area contributed by atoms with E-state index in [1.807, 2.05) is 0 Å². The predicted octanol–water partition coefficient (Wildman–Crippen LogP) is 3.73. The van der Waals surface area contributed by atoms with Gasteiger partial charge in [-0.15, -0.1) is 0 Å². The van der Waals surface area contributed by atoms with Crippen LogP contribution in [0.5, 0.6) is 0 Å². The molecule has 0 unspecified atom stereocenters. The average Bonchev–Trinajstić information content (AvgIpc) is 2.43. The summed E-state index contributed by atoms with van der Waals surface area (Å²) in [7, 11) is 0. The zero-order valence-corrected chi connectivity index (χ0v) is 12.4. The third-order valence-corrected chi connectivity index (χ3v) is 4.45. The fourth-order valence-electron chi connectivity index (χ4n) is 3.20. The topological polar surface area (TPSA) is 29.3 Å². The summed E-state index contributed by atoms with van der Waals surface area (Å²) in [4.78, 5) is 2.62. The monoisotopic (exact) mass is 260 g/mol. The molecule has 1 saturated carbocycles. The molecular formula is C17H28N2. The van der Waals surface area contributed by atoms with Crippen molar-refractivity contribution in [2.75, 3.05) is 18.0 Å². The summed E-state index contributed by atoms with van der Waals surface area (Å²) >= 11 is 0. The molecule has 0 saturated heterocycles. The summed E-state index contributed by atoms with van der Waals surface area (Å²) in [6.45, 7) is 6.48. The lowest BCUT2D eigenvalue weighted by Gasteiger charge is -2.38. The van der Waals surface area contributed by atoms with Crippen molar-refractivity contribution in [2.24, 2.45) is 11.7 Å². The molecule has 1 aliphatic carbocycles. The molecule has 1 aromatic carbocycles. The normalized spacial score (nSPS) is 23.3. The number of nitrogens with two attached hydrogens (primary N) is 1. The zero-order valence-electron chi connectivity index (χ0n) is 12.4. The largest absolute Gasteiger partial charge is 0.368 e. The molecular weight excluding hydrogens is 232 g/mol. The van der Waals surface area contributed by atoms with E-state index in [4.69, 9.17) is 5.73 Å². The van der Waals surface area contributed by atoms with Gasteiger partial charge in [0.25, 0.3) is 0 Å². The van der Waals surface area contributed by atoms with Gasteiger partial charge in [-0.1, -0.05) is 25.1 Å². The van der Waals surface area contributed by atoms with Crippen LogP contribution in [0, 0.1) is 12.8 Å². The highest BCUT2D eigenvalue weighted by molar-refractivity contribution is 5.53. The Labute approximate surface area is 118 Å². The molecule has 106 valence electrons. The van der Waals surface area contributed by atoms with Crippen LogP contribution in [0.15, 0.2) is 24.3 Å². The minimum absolute atomic E-state index is 0.712. The first-order valence-electron chi connectivity index (χ1n) is 7.74. The predicted molar refractivity (Wildman–Crippen MR) is 83.6 cm³/mol. The second kappa shape index (κ2) is 6.95. The van der Waals surface area contributed by atoms with Crippen LogP contribution in [0.3, 0.4) is 0 Å². The van der Waals surface area contributed by atoms with Gasteiger partial charge in [0.15, 0.2) is 0 Å². The quantitative estimate of drug-likeness (QED) is 0.874. The van der Waals surface area contributed by atoms with Crippen LogP contribution >= 0.6 is 0 Å². The first kappa shape index (κ1) is 14.4. The van der Waals surface area contributed by atoms with Gasteiger partial charge in [0.05, 0.1) is 0 Å². The van der Waals surface area contributed by atoms with Gasteiger partial charge >= 0.3 is 0 Å². The van der Waals surface area contributed by atoms with Gasteiger partial charge in [-0.2, -0.15) is 0 Å². The van der Waals surface area contributed by atoms with Crippen molar-refractivity contribution in [3.05, 3.63) is 29.8 Å². The van der Waals surface area contributed by atoms with Crippen LogP contribution in [-0.4, -0.2) is 19.1 Å². The molecule has 1 aromatic rings. The maximum atomic E-state index is 5.72. The summed E-state index contributed by atoms with van der Waals surface area (Å²) in [5.41, 5.74) is 8.52. The number of rotatable bonds is 5. The van der Waals surface area contributed by atoms with E-state index in [9.17, 15) is 0 Å². The molecule has 2 N–H and O–H groups in total. The molecule has 2 rings (SSSR count). The van der Waals surface area contributed by atoms with Crippen molar-refractivity contribution in [3.8, 4) is 0 Å². The molecule has 19 heavy (non-hydrogen) atoms. The van der Waals surface area contributed by atoms with E-state index >= 15 is 0 Å². The van der Waals surface area contributed by atoms with E-state index in [1.165, 1.54) is 36.9 Å². The molecule has 1 fully saturated rings. The van der Waals surface area contributed by atoms with E-state index in [0.717, 1.165) is 25.4 Å². The van der Waals surface area contributed by atoms with Crippen molar-refractivity contribution in [2.45, 2.75) is 52.0 Å². The fraction of sp³-hybridized carbons (Fsp3) is 0.647. The van der Waals surface area contributed by atoms with Crippen LogP contribution < -0.4 is 10.6 Å². The fourth-order valence-corrected chi connectivity index (χ4v) is 3.20. The Morgan fingerprint density at radius 2 is 1.84 bits per heavy atom. The molecule has 0 aliphatic heterocycles. The molecule has 0 atom stereocenters. The Kier molecular flexibility index (Phi) is 5.26. The van der Waals surface area contributed by atoms with E-state index in [2.05, 4.69) is 43.0 Å². The summed E-state index contributed by atoms with van der Waals surface area (Å²) in [6.07, 6.45) is 6.49. The van der Waals surface area contributed by atoms with Crippen LogP contribution in [0.2, 0.25) is 0 Å². The lowest BCUT2D eigenvalue weighted by atomic mass is 9.86. The summed E-state index contributed by atoms with van der Waals surface area (Å²) in [5.74, 6) is 0.907. The van der Waals surface area contributed by atoms with Gasteiger partial charge in [0.1, 0.15) is 0 Å². The molecule has 2 nitrogen and oxygen atoms in total. The number of benzene rings is 1. The molecule has 1 aliphatic rings. The summed E-state index contributed by atoms with van der Waals surface area (Å²) in [5, 5.41) is 0. The number of hydrogen-bond donors (Lipinski definition) is 1.